The van der Waals surface area contributed by atoms with Gasteiger partial charge in [-0.1, -0.05) is 24.3 Å². The van der Waals surface area contributed by atoms with Gasteiger partial charge in [-0.15, -0.1) is 0 Å². The first-order chi connectivity index (χ1) is 9.13. The maximum atomic E-state index is 11.5. The number of likely N-dealkylation sites (tertiary alicyclic amines) is 1. The lowest BCUT2D eigenvalue weighted by Gasteiger charge is -2.17. The van der Waals surface area contributed by atoms with Crippen LogP contribution in [-0.4, -0.2) is 49.3 Å². The molecule has 0 aromatic heterocycles. The van der Waals surface area contributed by atoms with E-state index in [4.69, 9.17) is 4.74 Å². The van der Waals surface area contributed by atoms with Crippen LogP contribution >= 0.6 is 0 Å². The smallest absolute Gasteiger partial charge is 0.308 e. The first-order valence-corrected chi connectivity index (χ1v) is 6.63. The van der Waals surface area contributed by atoms with E-state index in [2.05, 4.69) is 11.0 Å². The molecule has 4 nitrogen and oxygen atoms in total. The first kappa shape index (κ1) is 14.0. The van der Waals surface area contributed by atoms with E-state index in [0.29, 0.717) is 13.2 Å². The van der Waals surface area contributed by atoms with Crippen molar-refractivity contribution in [2.45, 2.75) is 12.8 Å². The molecule has 1 fully saturated rings. The second kappa shape index (κ2) is 6.17. The van der Waals surface area contributed by atoms with Crippen molar-refractivity contribution in [2.24, 2.45) is 5.92 Å². The molecule has 2 rings (SSSR count). The fraction of sp³-hybridized carbons (Fsp3) is 0.533. The van der Waals surface area contributed by atoms with Crippen molar-refractivity contribution in [1.82, 2.24) is 4.90 Å². The van der Waals surface area contributed by atoms with Crippen molar-refractivity contribution < 1.29 is 14.6 Å². The quantitative estimate of drug-likeness (QED) is 0.879. The number of benzene rings is 1. The average Bonchev–Trinajstić information content (AvgIpc) is 2.81. The molecule has 0 unspecified atom stereocenters. The molecule has 1 saturated heterocycles. The van der Waals surface area contributed by atoms with Gasteiger partial charge in [-0.2, -0.15) is 0 Å². The maximum absolute atomic E-state index is 11.5. The Labute approximate surface area is 114 Å². The third-order valence-electron chi connectivity index (χ3n) is 3.91. The number of carbonyl (C=O) groups is 1. The van der Waals surface area contributed by atoms with Crippen molar-refractivity contribution >= 4 is 5.97 Å². The average molecular weight is 263 g/mol. The van der Waals surface area contributed by atoms with Gasteiger partial charge in [0.05, 0.1) is 12.5 Å². The van der Waals surface area contributed by atoms with Gasteiger partial charge >= 0.3 is 5.97 Å². The van der Waals surface area contributed by atoms with Crippen molar-refractivity contribution in [2.75, 3.05) is 33.4 Å². The molecule has 0 aliphatic carbocycles. The molecule has 1 aliphatic heterocycles. The summed E-state index contributed by atoms with van der Waals surface area (Å²) in [6.07, 6.45) is 0. The third kappa shape index (κ3) is 3.14. The van der Waals surface area contributed by atoms with Crippen molar-refractivity contribution in [3.8, 4) is 0 Å². The highest BCUT2D eigenvalue weighted by molar-refractivity contribution is 5.72. The summed E-state index contributed by atoms with van der Waals surface area (Å²) in [5.74, 6) is -0.943. The molecular weight excluding hydrogens is 242 g/mol. The molecule has 0 bridgehead atoms. The van der Waals surface area contributed by atoms with Gasteiger partial charge in [-0.05, 0) is 18.1 Å². The van der Waals surface area contributed by atoms with E-state index in [1.807, 2.05) is 25.1 Å². The summed E-state index contributed by atoms with van der Waals surface area (Å²) in [6.45, 7) is 4.89. The number of carboxylic acids is 1. The fourth-order valence-corrected chi connectivity index (χ4v) is 2.86. The van der Waals surface area contributed by atoms with E-state index in [0.717, 1.165) is 18.7 Å². The normalized spacial score (nSPS) is 23.7. The van der Waals surface area contributed by atoms with Gasteiger partial charge in [-0.25, -0.2) is 0 Å². The lowest BCUT2D eigenvalue weighted by atomic mass is 9.86. The Morgan fingerprint density at radius 1 is 1.42 bits per heavy atom. The number of hydrogen-bond acceptors (Lipinski definition) is 3. The molecule has 4 heteroatoms. The standard InChI is InChI=1S/C15H21NO3/c1-11-5-3-4-6-12(11)13-9-16(7-8-19-2)10-14(13)15(17)18/h3-6,13-14H,7-10H2,1-2H3,(H,17,18)/t13-,14+/m0/s1. The molecule has 19 heavy (non-hydrogen) atoms. The molecule has 1 aromatic rings. The zero-order valence-electron chi connectivity index (χ0n) is 11.5. The van der Waals surface area contributed by atoms with E-state index in [1.165, 1.54) is 5.56 Å². The Morgan fingerprint density at radius 3 is 2.79 bits per heavy atom. The predicted molar refractivity (Wildman–Crippen MR) is 73.4 cm³/mol. The summed E-state index contributed by atoms with van der Waals surface area (Å²) < 4.78 is 5.08. The monoisotopic (exact) mass is 263 g/mol. The van der Waals surface area contributed by atoms with Crippen LogP contribution in [0.2, 0.25) is 0 Å². The van der Waals surface area contributed by atoms with Crippen LogP contribution in [0.1, 0.15) is 17.0 Å². The Morgan fingerprint density at radius 2 is 2.16 bits per heavy atom. The number of aryl methyl sites for hydroxylation is 1. The number of nitrogens with zero attached hydrogens (tertiary/aromatic N) is 1. The van der Waals surface area contributed by atoms with Crippen LogP contribution in [0.3, 0.4) is 0 Å². The highest BCUT2D eigenvalue weighted by atomic mass is 16.5. The zero-order valence-corrected chi connectivity index (χ0v) is 11.5. The van der Waals surface area contributed by atoms with Gasteiger partial charge in [-0.3, -0.25) is 9.69 Å². The molecule has 1 aromatic carbocycles. The number of rotatable bonds is 5. The van der Waals surface area contributed by atoms with E-state index < -0.39 is 5.97 Å². The molecule has 0 saturated carbocycles. The summed E-state index contributed by atoms with van der Waals surface area (Å²) in [7, 11) is 1.67. The molecule has 1 aliphatic rings. The van der Waals surface area contributed by atoms with Gasteiger partial charge in [0.2, 0.25) is 0 Å². The molecule has 0 amide bonds. The first-order valence-electron chi connectivity index (χ1n) is 6.63. The van der Waals surface area contributed by atoms with Crippen LogP contribution in [-0.2, 0) is 9.53 Å². The van der Waals surface area contributed by atoms with Gasteiger partial charge in [0, 0.05) is 32.7 Å². The van der Waals surface area contributed by atoms with Crippen LogP contribution in [0.15, 0.2) is 24.3 Å². The van der Waals surface area contributed by atoms with E-state index >= 15 is 0 Å². The fourth-order valence-electron chi connectivity index (χ4n) is 2.86. The molecule has 104 valence electrons. The highest BCUT2D eigenvalue weighted by Gasteiger charge is 2.38. The predicted octanol–water partition coefficient (Wildman–Crippen LogP) is 1.74. The van der Waals surface area contributed by atoms with Crippen LogP contribution in [0, 0.1) is 12.8 Å². The van der Waals surface area contributed by atoms with Crippen LogP contribution in [0.5, 0.6) is 0 Å². The molecule has 0 spiro atoms. The van der Waals surface area contributed by atoms with Crippen molar-refractivity contribution in [3.63, 3.8) is 0 Å². The third-order valence-corrected chi connectivity index (χ3v) is 3.91. The lowest BCUT2D eigenvalue weighted by molar-refractivity contribution is -0.141. The molecule has 0 radical (unpaired) electrons. The minimum absolute atomic E-state index is 0.0792. The van der Waals surface area contributed by atoms with Crippen molar-refractivity contribution in [3.05, 3.63) is 35.4 Å². The largest absolute Gasteiger partial charge is 0.481 e. The molecule has 1 N–H and O–H groups in total. The van der Waals surface area contributed by atoms with E-state index in [1.54, 1.807) is 7.11 Å². The summed E-state index contributed by atoms with van der Waals surface area (Å²) in [4.78, 5) is 13.6. The molecular formula is C15H21NO3. The molecule has 2 atom stereocenters. The number of methoxy groups -OCH3 is 1. The Kier molecular flexibility index (Phi) is 4.56. The second-order valence-corrected chi connectivity index (χ2v) is 5.16. The Balaban J connectivity index is 2.18. The Hall–Kier alpha value is -1.39. The van der Waals surface area contributed by atoms with Crippen molar-refractivity contribution in [1.29, 1.82) is 0 Å². The maximum Gasteiger partial charge on any atom is 0.308 e. The summed E-state index contributed by atoms with van der Waals surface area (Å²) in [5, 5.41) is 9.42. The minimum Gasteiger partial charge on any atom is -0.481 e. The van der Waals surface area contributed by atoms with Gasteiger partial charge in [0.1, 0.15) is 0 Å². The van der Waals surface area contributed by atoms with Gasteiger partial charge in [0.25, 0.3) is 0 Å². The molecule has 1 heterocycles. The number of carboxylic acid groups (broad SMARTS) is 1. The summed E-state index contributed by atoms with van der Waals surface area (Å²) in [6, 6.07) is 8.08. The number of ether oxygens (including phenoxy) is 1. The minimum atomic E-state index is -0.701. The van der Waals surface area contributed by atoms with Gasteiger partial charge < -0.3 is 9.84 Å². The lowest BCUT2D eigenvalue weighted by Crippen LogP contribution is -2.26. The zero-order chi connectivity index (χ0) is 13.8. The topological polar surface area (TPSA) is 49.8 Å². The van der Waals surface area contributed by atoms with Gasteiger partial charge in [0.15, 0.2) is 0 Å². The van der Waals surface area contributed by atoms with Crippen LogP contribution < -0.4 is 0 Å². The summed E-state index contributed by atoms with van der Waals surface area (Å²) in [5.41, 5.74) is 2.34. The second-order valence-electron chi connectivity index (χ2n) is 5.16. The number of aliphatic carboxylic acids is 1. The summed E-state index contributed by atoms with van der Waals surface area (Å²) >= 11 is 0. The van der Waals surface area contributed by atoms with E-state index in [9.17, 15) is 9.90 Å². The SMILES string of the molecule is COCCN1C[C@@H](C(=O)O)[C@H](c2ccccc2C)C1. The highest BCUT2D eigenvalue weighted by Crippen LogP contribution is 2.34. The van der Waals surface area contributed by atoms with Crippen LogP contribution in [0.4, 0.5) is 0 Å². The van der Waals surface area contributed by atoms with E-state index in [-0.39, 0.29) is 11.8 Å². The van der Waals surface area contributed by atoms with Crippen LogP contribution in [0.25, 0.3) is 0 Å². The Bertz CT molecular complexity index is 447. The number of hydrogen-bond donors (Lipinski definition) is 1.